The van der Waals surface area contributed by atoms with E-state index >= 15 is 0 Å². The van der Waals surface area contributed by atoms with Crippen molar-refractivity contribution < 1.29 is 4.74 Å². The maximum absolute atomic E-state index is 5.53. The van der Waals surface area contributed by atoms with Gasteiger partial charge >= 0.3 is 0 Å². The Balaban J connectivity index is 1.96. The molecule has 0 spiro atoms. The van der Waals surface area contributed by atoms with Gasteiger partial charge in [0.2, 0.25) is 0 Å². The second-order valence-corrected chi connectivity index (χ2v) is 5.27. The average Bonchev–Trinajstić information content (AvgIpc) is 3.15. The number of aromatic nitrogens is 5. The summed E-state index contributed by atoms with van der Waals surface area (Å²) in [6.07, 6.45) is 3.40. The Morgan fingerprint density at radius 3 is 2.95 bits per heavy atom. The number of rotatable bonds is 4. The lowest BCUT2D eigenvalue weighted by Gasteiger charge is -2.24. The first kappa shape index (κ1) is 13.9. The minimum atomic E-state index is 0.108. The number of aromatic amines is 1. The van der Waals surface area contributed by atoms with Gasteiger partial charge in [-0.25, -0.2) is 15.0 Å². The fourth-order valence-corrected chi connectivity index (χ4v) is 2.77. The van der Waals surface area contributed by atoms with E-state index in [-0.39, 0.29) is 12.1 Å². The molecule has 1 N–H and O–H groups in total. The molecule has 0 amide bonds. The Morgan fingerprint density at radius 1 is 1.43 bits per heavy atom. The summed E-state index contributed by atoms with van der Waals surface area (Å²) in [5, 5.41) is 6.93. The van der Waals surface area contributed by atoms with Crippen molar-refractivity contribution >= 4 is 5.82 Å². The van der Waals surface area contributed by atoms with Crippen LogP contribution in [-0.4, -0.2) is 44.9 Å². The minimum Gasteiger partial charge on any atom is -0.380 e. The van der Waals surface area contributed by atoms with Gasteiger partial charge in [-0.3, -0.25) is 5.10 Å². The highest BCUT2D eigenvalue weighted by atomic mass is 16.5. The van der Waals surface area contributed by atoms with Crippen LogP contribution in [0.2, 0.25) is 0 Å². The summed E-state index contributed by atoms with van der Waals surface area (Å²) in [5.41, 5.74) is 0.981. The molecule has 7 heteroatoms. The zero-order chi connectivity index (χ0) is 14.8. The van der Waals surface area contributed by atoms with E-state index in [0.29, 0.717) is 0 Å². The van der Waals surface area contributed by atoms with Gasteiger partial charge in [-0.2, -0.15) is 5.10 Å². The molecule has 0 radical (unpaired) electrons. The molecule has 1 saturated heterocycles. The first-order chi connectivity index (χ1) is 10.2. The number of methoxy groups -OCH3 is 1. The summed E-state index contributed by atoms with van der Waals surface area (Å²) in [4.78, 5) is 15.6. The third kappa shape index (κ3) is 2.73. The van der Waals surface area contributed by atoms with Crippen molar-refractivity contribution in [3.05, 3.63) is 29.7 Å². The van der Waals surface area contributed by atoms with E-state index in [1.807, 2.05) is 13.0 Å². The zero-order valence-electron chi connectivity index (χ0n) is 12.6. The normalized spacial score (nSPS) is 22.0. The Labute approximate surface area is 123 Å². The zero-order valence-corrected chi connectivity index (χ0v) is 12.6. The first-order valence-electron chi connectivity index (χ1n) is 7.20. The monoisotopic (exact) mass is 288 g/mol. The molecule has 3 heterocycles. The first-order valence-corrected chi connectivity index (χ1v) is 7.20. The molecule has 2 aromatic heterocycles. The van der Waals surface area contributed by atoms with Crippen LogP contribution in [0.5, 0.6) is 0 Å². The fourth-order valence-electron chi connectivity index (χ4n) is 2.77. The SMILES string of the molecule is CCc1nc(C)cc(N2C[C@H](OC)C[C@H]2c2ncn[nH]2)n1. The second kappa shape index (κ2) is 5.77. The molecule has 2 atom stereocenters. The summed E-state index contributed by atoms with van der Waals surface area (Å²) < 4.78 is 5.53. The molecule has 0 aliphatic carbocycles. The molecule has 0 unspecified atom stereocenters. The van der Waals surface area contributed by atoms with Crippen molar-refractivity contribution in [2.75, 3.05) is 18.6 Å². The van der Waals surface area contributed by atoms with Gasteiger partial charge < -0.3 is 9.64 Å². The topological polar surface area (TPSA) is 79.8 Å². The summed E-state index contributed by atoms with van der Waals surface area (Å²) in [6.45, 7) is 4.85. The molecular weight excluding hydrogens is 268 g/mol. The van der Waals surface area contributed by atoms with Gasteiger partial charge in [0.1, 0.15) is 23.8 Å². The fraction of sp³-hybridized carbons (Fsp3) is 0.571. The molecule has 1 aliphatic rings. The van der Waals surface area contributed by atoms with Crippen molar-refractivity contribution in [3.63, 3.8) is 0 Å². The third-order valence-electron chi connectivity index (χ3n) is 3.84. The van der Waals surface area contributed by atoms with Crippen molar-refractivity contribution in [2.24, 2.45) is 0 Å². The van der Waals surface area contributed by atoms with E-state index < -0.39 is 0 Å². The van der Waals surface area contributed by atoms with Crippen LogP contribution in [0.3, 0.4) is 0 Å². The van der Waals surface area contributed by atoms with Gasteiger partial charge in [-0.15, -0.1) is 0 Å². The van der Waals surface area contributed by atoms with Crippen LogP contribution in [0, 0.1) is 6.92 Å². The largest absolute Gasteiger partial charge is 0.380 e. The Hall–Kier alpha value is -2.02. The van der Waals surface area contributed by atoms with Gasteiger partial charge in [-0.05, 0) is 6.92 Å². The van der Waals surface area contributed by atoms with Crippen LogP contribution in [0.4, 0.5) is 5.82 Å². The molecule has 0 aromatic carbocycles. The number of hydrogen-bond acceptors (Lipinski definition) is 6. The van der Waals surface area contributed by atoms with Gasteiger partial charge in [0.05, 0.1) is 12.1 Å². The van der Waals surface area contributed by atoms with Crippen molar-refractivity contribution in [1.29, 1.82) is 0 Å². The molecule has 0 bridgehead atoms. The lowest BCUT2D eigenvalue weighted by molar-refractivity contribution is 0.118. The van der Waals surface area contributed by atoms with Crippen LogP contribution in [0.1, 0.15) is 36.7 Å². The molecular formula is C14H20N6O. The van der Waals surface area contributed by atoms with Crippen LogP contribution >= 0.6 is 0 Å². The highest BCUT2D eigenvalue weighted by Gasteiger charge is 2.36. The number of aryl methyl sites for hydroxylation is 2. The second-order valence-electron chi connectivity index (χ2n) is 5.27. The number of H-pyrrole nitrogens is 1. The summed E-state index contributed by atoms with van der Waals surface area (Å²) >= 11 is 0. The van der Waals surface area contributed by atoms with Gasteiger partial charge in [0, 0.05) is 38.3 Å². The molecule has 7 nitrogen and oxygen atoms in total. The molecule has 0 saturated carbocycles. The van der Waals surface area contributed by atoms with E-state index in [0.717, 1.165) is 42.5 Å². The van der Waals surface area contributed by atoms with Gasteiger partial charge in [0.15, 0.2) is 0 Å². The Kier molecular flexibility index (Phi) is 3.83. The van der Waals surface area contributed by atoms with Crippen molar-refractivity contribution in [2.45, 2.75) is 38.8 Å². The predicted octanol–water partition coefficient (Wildman–Crippen LogP) is 1.43. The lowest BCUT2D eigenvalue weighted by atomic mass is 10.2. The number of ether oxygens (including phenoxy) is 1. The van der Waals surface area contributed by atoms with E-state index in [9.17, 15) is 0 Å². The van der Waals surface area contributed by atoms with E-state index in [1.165, 1.54) is 6.33 Å². The Bertz CT molecular complexity index is 600. The highest BCUT2D eigenvalue weighted by Crippen LogP contribution is 2.34. The number of anilines is 1. The molecule has 1 aliphatic heterocycles. The lowest BCUT2D eigenvalue weighted by Crippen LogP contribution is -2.27. The third-order valence-corrected chi connectivity index (χ3v) is 3.84. The van der Waals surface area contributed by atoms with E-state index in [1.54, 1.807) is 7.11 Å². The van der Waals surface area contributed by atoms with Crippen LogP contribution in [0.25, 0.3) is 0 Å². The van der Waals surface area contributed by atoms with Crippen LogP contribution in [-0.2, 0) is 11.2 Å². The van der Waals surface area contributed by atoms with Gasteiger partial charge in [-0.1, -0.05) is 6.92 Å². The molecule has 21 heavy (non-hydrogen) atoms. The van der Waals surface area contributed by atoms with Crippen molar-refractivity contribution in [1.82, 2.24) is 25.1 Å². The predicted molar refractivity (Wildman–Crippen MR) is 78.0 cm³/mol. The van der Waals surface area contributed by atoms with Gasteiger partial charge in [0.25, 0.3) is 0 Å². The standard InChI is InChI=1S/C14H20N6O/c1-4-12-17-9(2)5-13(18-12)20-7-10(21-3)6-11(20)14-15-8-16-19-14/h5,8,10-11H,4,6-7H2,1-3H3,(H,15,16,19)/t10-,11+/m1/s1. The summed E-state index contributed by atoms with van der Waals surface area (Å²) in [6, 6.07) is 2.12. The van der Waals surface area contributed by atoms with Crippen LogP contribution < -0.4 is 4.90 Å². The van der Waals surface area contributed by atoms with E-state index in [2.05, 4.69) is 37.0 Å². The number of nitrogens with one attached hydrogen (secondary N) is 1. The highest BCUT2D eigenvalue weighted by molar-refractivity contribution is 5.44. The quantitative estimate of drug-likeness (QED) is 0.917. The minimum absolute atomic E-state index is 0.108. The smallest absolute Gasteiger partial charge is 0.147 e. The molecule has 3 rings (SSSR count). The maximum Gasteiger partial charge on any atom is 0.147 e. The molecule has 1 fully saturated rings. The van der Waals surface area contributed by atoms with E-state index in [4.69, 9.17) is 4.74 Å². The number of hydrogen-bond donors (Lipinski definition) is 1. The average molecular weight is 288 g/mol. The molecule has 2 aromatic rings. The van der Waals surface area contributed by atoms with Crippen LogP contribution in [0.15, 0.2) is 12.4 Å². The summed E-state index contributed by atoms with van der Waals surface area (Å²) in [5.74, 6) is 2.64. The Morgan fingerprint density at radius 2 is 2.29 bits per heavy atom. The maximum atomic E-state index is 5.53. The number of nitrogens with zero attached hydrogens (tertiary/aromatic N) is 5. The summed E-state index contributed by atoms with van der Waals surface area (Å²) in [7, 11) is 1.74. The van der Waals surface area contributed by atoms with Crippen molar-refractivity contribution in [3.8, 4) is 0 Å². The molecule has 112 valence electrons.